The first-order chi connectivity index (χ1) is 6.90. The molecule has 0 atom stereocenters. The zero-order valence-electron chi connectivity index (χ0n) is 7.12. The van der Waals surface area contributed by atoms with E-state index in [4.69, 9.17) is 5.26 Å². The van der Waals surface area contributed by atoms with Crippen molar-refractivity contribution in [1.82, 2.24) is 14.8 Å². The predicted molar refractivity (Wildman–Crippen MR) is 55.6 cm³/mol. The van der Waals surface area contributed by atoms with Crippen LogP contribution < -0.4 is 0 Å². The lowest BCUT2D eigenvalue weighted by atomic mass is 10.7. The van der Waals surface area contributed by atoms with Gasteiger partial charge in [-0.25, -0.2) is 0 Å². The average molecular weight is 222 g/mol. The van der Waals surface area contributed by atoms with Crippen LogP contribution in [0, 0.1) is 11.3 Å². The highest BCUT2D eigenvalue weighted by Crippen LogP contribution is 2.23. The number of aromatic nitrogens is 3. The lowest BCUT2D eigenvalue weighted by Gasteiger charge is -1.91. The van der Waals surface area contributed by atoms with Gasteiger partial charge < -0.3 is 0 Å². The van der Waals surface area contributed by atoms with Crippen molar-refractivity contribution in [2.24, 2.45) is 0 Å². The number of hydrogen-bond donors (Lipinski definition) is 0. The summed E-state index contributed by atoms with van der Waals surface area (Å²) in [6, 6.07) is 5.92. The molecule has 0 spiro atoms. The molecule has 70 valence electrons. The van der Waals surface area contributed by atoms with Gasteiger partial charge in [-0.15, -0.1) is 10.2 Å². The molecule has 0 saturated heterocycles. The smallest absolute Gasteiger partial charge is 0.217 e. The molecular weight excluding hydrogens is 216 g/mol. The highest BCUT2D eigenvalue weighted by molar-refractivity contribution is 8.01. The predicted octanol–water partition coefficient (Wildman–Crippen LogP) is 1.94. The van der Waals surface area contributed by atoms with Gasteiger partial charge in [0.25, 0.3) is 0 Å². The molecule has 0 aliphatic heterocycles. The van der Waals surface area contributed by atoms with Crippen LogP contribution in [0.3, 0.4) is 0 Å². The fourth-order valence-corrected chi connectivity index (χ4v) is 2.39. The Hall–Kier alpha value is -1.32. The van der Waals surface area contributed by atoms with E-state index in [0.717, 1.165) is 9.47 Å². The van der Waals surface area contributed by atoms with Gasteiger partial charge in [0.15, 0.2) is 4.34 Å². The van der Waals surface area contributed by atoms with E-state index in [1.54, 1.807) is 0 Å². The van der Waals surface area contributed by atoms with Gasteiger partial charge in [-0.1, -0.05) is 23.1 Å². The van der Waals surface area contributed by atoms with Crippen molar-refractivity contribution in [2.45, 2.75) is 4.34 Å². The molecule has 14 heavy (non-hydrogen) atoms. The third-order valence-corrected chi connectivity index (χ3v) is 3.42. The van der Waals surface area contributed by atoms with E-state index in [1.165, 1.54) is 23.1 Å². The van der Waals surface area contributed by atoms with E-state index in [1.807, 2.05) is 29.1 Å². The molecule has 0 unspecified atom stereocenters. The second-order valence-electron chi connectivity index (χ2n) is 2.39. The fraction of sp³-hybridized carbons (Fsp3) is 0.125. The van der Waals surface area contributed by atoms with Gasteiger partial charge in [0.05, 0.1) is 11.8 Å². The van der Waals surface area contributed by atoms with Crippen LogP contribution in [-0.4, -0.2) is 20.5 Å². The highest BCUT2D eigenvalue weighted by atomic mass is 32.2. The van der Waals surface area contributed by atoms with E-state index in [0.29, 0.717) is 5.75 Å². The Kier molecular flexibility index (Phi) is 2.81. The Labute approximate surface area is 89.2 Å². The molecule has 0 aliphatic rings. The largest absolute Gasteiger partial charge is 0.299 e. The minimum absolute atomic E-state index is 0.417. The summed E-state index contributed by atoms with van der Waals surface area (Å²) in [5.74, 6) is 0.417. The number of rotatable bonds is 3. The van der Waals surface area contributed by atoms with E-state index >= 15 is 0 Å². The molecule has 0 fully saturated rings. The van der Waals surface area contributed by atoms with Crippen molar-refractivity contribution in [2.75, 3.05) is 5.75 Å². The van der Waals surface area contributed by atoms with Crippen LogP contribution in [0.2, 0.25) is 0 Å². The highest BCUT2D eigenvalue weighted by Gasteiger charge is 2.04. The first-order valence-electron chi connectivity index (χ1n) is 3.87. The Balaban J connectivity index is 2.15. The minimum Gasteiger partial charge on any atom is -0.299 e. The summed E-state index contributed by atoms with van der Waals surface area (Å²) in [6.07, 6.45) is 3.83. The molecule has 4 nitrogen and oxygen atoms in total. The number of nitriles is 1. The third kappa shape index (κ3) is 1.95. The van der Waals surface area contributed by atoms with Crippen molar-refractivity contribution in [3.8, 4) is 11.2 Å². The maximum Gasteiger partial charge on any atom is 0.217 e. The summed E-state index contributed by atoms with van der Waals surface area (Å²) >= 11 is 2.89. The van der Waals surface area contributed by atoms with E-state index in [-0.39, 0.29) is 0 Å². The molecular formula is C8H6N4S2. The SMILES string of the molecule is N#CCSc1nnc(-n2cccc2)s1. The molecule has 2 aromatic heterocycles. The molecule has 0 N–H and O–H groups in total. The van der Waals surface area contributed by atoms with Gasteiger partial charge in [-0.05, 0) is 12.1 Å². The minimum atomic E-state index is 0.417. The van der Waals surface area contributed by atoms with Crippen molar-refractivity contribution < 1.29 is 0 Å². The first-order valence-corrected chi connectivity index (χ1v) is 5.67. The van der Waals surface area contributed by atoms with Crippen LogP contribution in [0.1, 0.15) is 0 Å². The lowest BCUT2D eigenvalue weighted by Crippen LogP contribution is -1.86. The van der Waals surface area contributed by atoms with E-state index in [2.05, 4.69) is 16.3 Å². The van der Waals surface area contributed by atoms with Crippen LogP contribution in [0.5, 0.6) is 0 Å². The third-order valence-electron chi connectivity index (χ3n) is 1.48. The summed E-state index contributed by atoms with van der Waals surface area (Å²) < 4.78 is 2.73. The summed E-state index contributed by atoms with van der Waals surface area (Å²) in [5.41, 5.74) is 0. The average Bonchev–Trinajstić information content (AvgIpc) is 2.85. The molecule has 0 saturated carbocycles. The van der Waals surface area contributed by atoms with Crippen molar-refractivity contribution in [3.05, 3.63) is 24.5 Å². The Morgan fingerprint density at radius 3 is 2.93 bits per heavy atom. The van der Waals surface area contributed by atoms with Crippen molar-refractivity contribution in [1.29, 1.82) is 5.26 Å². The summed E-state index contributed by atoms with van der Waals surface area (Å²) in [4.78, 5) is 0. The Morgan fingerprint density at radius 1 is 1.43 bits per heavy atom. The van der Waals surface area contributed by atoms with Crippen LogP contribution in [0.25, 0.3) is 5.13 Å². The maximum absolute atomic E-state index is 8.40. The lowest BCUT2D eigenvalue weighted by molar-refractivity contribution is 0.941. The van der Waals surface area contributed by atoms with Crippen molar-refractivity contribution >= 4 is 23.1 Å². The van der Waals surface area contributed by atoms with Crippen LogP contribution in [-0.2, 0) is 0 Å². The van der Waals surface area contributed by atoms with Gasteiger partial charge in [0.2, 0.25) is 5.13 Å². The standard InChI is InChI=1S/C8H6N4S2/c9-3-6-13-8-11-10-7(14-8)12-4-1-2-5-12/h1-2,4-5H,6H2. The maximum atomic E-state index is 8.40. The van der Waals surface area contributed by atoms with Gasteiger partial charge in [0.1, 0.15) is 0 Å². The molecule has 0 amide bonds. The second-order valence-corrected chi connectivity index (χ2v) is 4.57. The van der Waals surface area contributed by atoms with Crippen LogP contribution >= 0.6 is 23.1 Å². The number of hydrogen-bond acceptors (Lipinski definition) is 5. The topological polar surface area (TPSA) is 54.5 Å². The normalized spacial score (nSPS) is 9.93. The number of nitrogens with zero attached hydrogens (tertiary/aromatic N) is 4. The molecule has 2 rings (SSSR count). The number of thioether (sulfide) groups is 1. The van der Waals surface area contributed by atoms with E-state index < -0.39 is 0 Å². The quantitative estimate of drug-likeness (QED) is 0.745. The molecule has 2 aromatic rings. The van der Waals surface area contributed by atoms with Gasteiger partial charge >= 0.3 is 0 Å². The van der Waals surface area contributed by atoms with Gasteiger partial charge in [0, 0.05) is 12.4 Å². The van der Waals surface area contributed by atoms with Crippen molar-refractivity contribution in [3.63, 3.8) is 0 Å². The van der Waals surface area contributed by atoms with Gasteiger partial charge in [-0.2, -0.15) is 5.26 Å². The summed E-state index contributed by atoms with van der Waals surface area (Å²) in [7, 11) is 0. The fourth-order valence-electron chi connectivity index (χ4n) is 0.921. The molecule has 0 radical (unpaired) electrons. The van der Waals surface area contributed by atoms with E-state index in [9.17, 15) is 0 Å². The second kappa shape index (κ2) is 4.26. The molecule has 2 heterocycles. The zero-order chi connectivity index (χ0) is 9.80. The van der Waals surface area contributed by atoms with Crippen LogP contribution in [0.15, 0.2) is 28.9 Å². The summed E-state index contributed by atoms with van der Waals surface area (Å²) in [5, 5.41) is 17.2. The molecule has 0 aliphatic carbocycles. The first kappa shape index (κ1) is 9.24. The Bertz CT molecular complexity index is 440. The molecule has 0 aromatic carbocycles. The molecule has 0 bridgehead atoms. The van der Waals surface area contributed by atoms with Crippen LogP contribution in [0.4, 0.5) is 0 Å². The summed E-state index contributed by atoms with van der Waals surface area (Å²) in [6.45, 7) is 0. The zero-order valence-corrected chi connectivity index (χ0v) is 8.75. The Morgan fingerprint density at radius 2 is 2.21 bits per heavy atom. The molecule has 6 heteroatoms. The monoisotopic (exact) mass is 222 g/mol. The van der Waals surface area contributed by atoms with Gasteiger partial charge in [-0.3, -0.25) is 4.57 Å².